The maximum atomic E-state index is 11.6. The molecule has 0 bridgehead atoms. The Kier molecular flexibility index (Phi) is 3.14. The van der Waals surface area contributed by atoms with Gasteiger partial charge in [-0.25, -0.2) is 0 Å². The standard InChI is InChI=1S/C9H13BrN2O/c1-4-12-6-7(10)5-8(12)9(13)11(2)3/h5-6H,4H2,1-3H3. The van der Waals surface area contributed by atoms with Gasteiger partial charge in [-0.2, -0.15) is 0 Å². The molecule has 13 heavy (non-hydrogen) atoms. The quantitative estimate of drug-likeness (QED) is 0.782. The normalized spacial score (nSPS) is 10.2. The fourth-order valence-corrected chi connectivity index (χ4v) is 1.61. The van der Waals surface area contributed by atoms with Crippen molar-refractivity contribution in [1.29, 1.82) is 0 Å². The Morgan fingerprint density at radius 3 is 2.69 bits per heavy atom. The minimum Gasteiger partial charge on any atom is -0.343 e. The fourth-order valence-electron chi connectivity index (χ4n) is 1.14. The fraction of sp³-hybridized carbons (Fsp3) is 0.444. The molecule has 0 radical (unpaired) electrons. The number of carbonyl (C=O) groups is 1. The van der Waals surface area contributed by atoms with Gasteiger partial charge in [0.15, 0.2) is 0 Å². The second-order valence-electron chi connectivity index (χ2n) is 3.03. The minimum absolute atomic E-state index is 0.0348. The Morgan fingerprint density at radius 2 is 2.23 bits per heavy atom. The van der Waals surface area contributed by atoms with E-state index >= 15 is 0 Å². The lowest BCUT2D eigenvalue weighted by atomic mass is 10.4. The maximum Gasteiger partial charge on any atom is 0.269 e. The summed E-state index contributed by atoms with van der Waals surface area (Å²) in [5.41, 5.74) is 0.722. The van der Waals surface area contributed by atoms with E-state index in [0.29, 0.717) is 0 Å². The lowest BCUT2D eigenvalue weighted by molar-refractivity contribution is 0.0817. The highest BCUT2D eigenvalue weighted by molar-refractivity contribution is 9.10. The van der Waals surface area contributed by atoms with Crippen molar-refractivity contribution >= 4 is 21.8 Å². The molecular weight excluding hydrogens is 232 g/mol. The molecule has 0 unspecified atom stereocenters. The van der Waals surface area contributed by atoms with Gasteiger partial charge in [-0.15, -0.1) is 0 Å². The number of halogens is 1. The van der Waals surface area contributed by atoms with Crippen LogP contribution in [0.5, 0.6) is 0 Å². The second kappa shape index (κ2) is 3.96. The van der Waals surface area contributed by atoms with Gasteiger partial charge in [-0.3, -0.25) is 4.79 Å². The SMILES string of the molecule is CCn1cc(Br)cc1C(=O)N(C)C. The zero-order valence-electron chi connectivity index (χ0n) is 8.04. The number of aryl methyl sites for hydroxylation is 1. The number of nitrogens with zero attached hydrogens (tertiary/aromatic N) is 2. The average molecular weight is 245 g/mol. The number of aromatic nitrogens is 1. The Hall–Kier alpha value is -0.770. The van der Waals surface area contributed by atoms with E-state index in [9.17, 15) is 4.79 Å². The summed E-state index contributed by atoms with van der Waals surface area (Å²) in [6, 6.07) is 1.84. The lowest BCUT2D eigenvalue weighted by Crippen LogP contribution is -2.24. The lowest BCUT2D eigenvalue weighted by Gasteiger charge is -2.11. The third-order valence-corrected chi connectivity index (χ3v) is 2.26. The minimum atomic E-state index is 0.0348. The number of amides is 1. The van der Waals surface area contributed by atoms with Gasteiger partial charge in [0.1, 0.15) is 5.69 Å². The summed E-state index contributed by atoms with van der Waals surface area (Å²) in [4.78, 5) is 13.2. The van der Waals surface area contributed by atoms with Crippen molar-refractivity contribution in [1.82, 2.24) is 9.47 Å². The molecule has 0 aliphatic carbocycles. The molecule has 0 saturated heterocycles. The van der Waals surface area contributed by atoms with Crippen LogP contribution >= 0.6 is 15.9 Å². The predicted molar refractivity (Wildman–Crippen MR) is 55.8 cm³/mol. The van der Waals surface area contributed by atoms with Crippen LogP contribution in [-0.4, -0.2) is 29.5 Å². The zero-order chi connectivity index (χ0) is 10.0. The van der Waals surface area contributed by atoms with E-state index in [0.717, 1.165) is 16.7 Å². The first-order valence-electron chi connectivity index (χ1n) is 4.13. The van der Waals surface area contributed by atoms with E-state index in [1.54, 1.807) is 19.0 Å². The summed E-state index contributed by atoms with van der Waals surface area (Å²) in [6.45, 7) is 2.82. The van der Waals surface area contributed by atoms with E-state index in [-0.39, 0.29) is 5.91 Å². The molecule has 0 N–H and O–H groups in total. The molecule has 1 amide bonds. The molecule has 3 nitrogen and oxygen atoms in total. The molecule has 0 saturated carbocycles. The van der Waals surface area contributed by atoms with Crippen LogP contribution in [0.4, 0.5) is 0 Å². The van der Waals surface area contributed by atoms with Gasteiger partial charge in [-0.1, -0.05) is 0 Å². The molecular formula is C9H13BrN2O. The zero-order valence-corrected chi connectivity index (χ0v) is 9.63. The largest absolute Gasteiger partial charge is 0.343 e. The molecule has 0 fully saturated rings. The third-order valence-electron chi connectivity index (χ3n) is 1.83. The van der Waals surface area contributed by atoms with E-state index < -0.39 is 0 Å². The third kappa shape index (κ3) is 2.12. The van der Waals surface area contributed by atoms with Crippen molar-refractivity contribution in [3.8, 4) is 0 Å². The summed E-state index contributed by atoms with van der Waals surface area (Å²) in [5, 5.41) is 0. The van der Waals surface area contributed by atoms with Gasteiger partial charge >= 0.3 is 0 Å². The molecule has 1 heterocycles. The maximum absolute atomic E-state index is 11.6. The van der Waals surface area contributed by atoms with Crippen molar-refractivity contribution in [3.63, 3.8) is 0 Å². The monoisotopic (exact) mass is 244 g/mol. The van der Waals surface area contributed by atoms with Crippen LogP contribution in [0.3, 0.4) is 0 Å². The average Bonchev–Trinajstić information content (AvgIpc) is 2.45. The first kappa shape index (κ1) is 10.3. The molecule has 0 aliphatic heterocycles. The highest BCUT2D eigenvalue weighted by atomic mass is 79.9. The number of hydrogen-bond donors (Lipinski definition) is 0. The van der Waals surface area contributed by atoms with Gasteiger partial charge in [0.05, 0.1) is 0 Å². The van der Waals surface area contributed by atoms with Crippen molar-refractivity contribution in [2.75, 3.05) is 14.1 Å². The highest BCUT2D eigenvalue weighted by Gasteiger charge is 2.13. The van der Waals surface area contributed by atoms with Crippen LogP contribution in [0, 0.1) is 0 Å². The number of carbonyl (C=O) groups excluding carboxylic acids is 1. The van der Waals surface area contributed by atoms with Crippen molar-refractivity contribution in [2.45, 2.75) is 13.5 Å². The summed E-state index contributed by atoms with van der Waals surface area (Å²) in [7, 11) is 3.51. The number of rotatable bonds is 2. The van der Waals surface area contributed by atoms with Crippen LogP contribution in [0.2, 0.25) is 0 Å². The summed E-state index contributed by atoms with van der Waals surface area (Å²) < 4.78 is 2.87. The molecule has 1 rings (SSSR count). The molecule has 72 valence electrons. The summed E-state index contributed by atoms with van der Waals surface area (Å²) in [6.07, 6.45) is 1.91. The first-order valence-corrected chi connectivity index (χ1v) is 4.93. The first-order chi connectivity index (χ1) is 6.06. The van der Waals surface area contributed by atoms with Crippen molar-refractivity contribution in [3.05, 3.63) is 22.4 Å². The van der Waals surface area contributed by atoms with Crippen LogP contribution in [0.15, 0.2) is 16.7 Å². The molecule has 4 heteroatoms. The van der Waals surface area contributed by atoms with E-state index in [4.69, 9.17) is 0 Å². The van der Waals surface area contributed by atoms with Gasteiger partial charge in [0.25, 0.3) is 5.91 Å². The van der Waals surface area contributed by atoms with Gasteiger partial charge in [-0.05, 0) is 28.9 Å². The van der Waals surface area contributed by atoms with E-state index in [1.807, 2.05) is 23.8 Å². The second-order valence-corrected chi connectivity index (χ2v) is 3.94. The smallest absolute Gasteiger partial charge is 0.269 e. The molecule has 0 spiro atoms. The Balaban J connectivity index is 3.05. The van der Waals surface area contributed by atoms with Gasteiger partial charge in [0, 0.05) is 31.3 Å². The van der Waals surface area contributed by atoms with Crippen LogP contribution in [0.1, 0.15) is 17.4 Å². The number of hydrogen-bond acceptors (Lipinski definition) is 1. The molecule has 1 aromatic rings. The Labute approximate surface area is 86.5 Å². The van der Waals surface area contributed by atoms with E-state index in [1.165, 1.54) is 0 Å². The van der Waals surface area contributed by atoms with Crippen molar-refractivity contribution < 1.29 is 4.79 Å². The highest BCUT2D eigenvalue weighted by Crippen LogP contribution is 2.15. The van der Waals surface area contributed by atoms with Crippen molar-refractivity contribution in [2.24, 2.45) is 0 Å². The predicted octanol–water partition coefficient (Wildman–Crippen LogP) is 1.97. The molecule has 0 aromatic carbocycles. The summed E-state index contributed by atoms with van der Waals surface area (Å²) in [5.74, 6) is 0.0348. The van der Waals surface area contributed by atoms with Crippen LogP contribution < -0.4 is 0 Å². The Bertz CT molecular complexity index is 317. The van der Waals surface area contributed by atoms with Gasteiger partial charge < -0.3 is 9.47 Å². The molecule has 0 aliphatic rings. The van der Waals surface area contributed by atoms with Crippen LogP contribution in [0.25, 0.3) is 0 Å². The summed E-state index contributed by atoms with van der Waals surface area (Å²) >= 11 is 3.35. The molecule has 0 atom stereocenters. The van der Waals surface area contributed by atoms with Gasteiger partial charge in [0.2, 0.25) is 0 Å². The van der Waals surface area contributed by atoms with E-state index in [2.05, 4.69) is 15.9 Å². The Morgan fingerprint density at radius 1 is 1.62 bits per heavy atom. The topological polar surface area (TPSA) is 25.2 Å². The molecule has 1 aromatic heterocycles. The van der Waals surface area contributed by atoms with Crippen LogP contribution in [-0.2, 0) is 6.54 Å².